The van der Waals surface area contributed by atoms with E-state index >= 15 is 4.39 Å². The van der Waals surface area contributed by atoms with Crippen LogP contribution < -0.4 is 14.7 Å². The number of benzene rings is 1. The summed E-state index contributed by atoms with van der Waals surface area (Å²) >= 11 is 0. The Balaban J connectivity index is 1.51. The maximum atomic E-state index is 15.4. The largest absolute Gasteiger partial charge is 0.444 e. The van der Waals surface area contributed by atoms with E-state index in [2.05, 4.69) is 4.98 Å². The second kappa shape index (κ2) is 12.6. The lowest BCUT2D eigenvalue weighted by atomic mass is 9.96. The lowest BCUT2D eigenvalue weighted by Crippen LogP contribution is -2.47. The van der Waals surface area contributed by atoms with E-state index in [9.17, 15) is 27.6 Å². The van der Waals surface area contributed by atoms with E-state index in [1.165, 1.54) is 31.0 Å². The minimum absolute atomic E-state index is 0.0425. The summed E-state index contributed by atoms with van der Waals surface area (Å²) in [6.45, 7) is 8.29. The van der Waals surface area contributed by atoms with Gasteiger partial charge in [0.2, 0.25) is 11.8 Å². The van der Waals surface area contributed by atoms with Gasteiger partial charge < -0.3 is 19.4 Å². The number of alkyl halides is 3. The lowest BCUT2D eigenvalue weighted by molar-refractivity contribution is -0.137. The molecule has 2 aromatic rings. The highest BCUT2D eigenvalue weighted by atomic mass is 19.4. The molecule has 2 aliphatic rings. The molecule has 240 valence electrons. The maximum Gasteiger partial charge on any atom is 0.416 e. The number of carbonyl (C=O) groups excluding carboxylic acids is 3. The average Bonchev–Trinajstić information content (AvgIpc) is 3.31. The van der Waals surface area contributed by atoms with Crippen molar-refractivity contribution in [3.05, 3.63) is 47.4 Å². The molecule has 0 saturated carbocycles. The van der Waals surface area contributed by atoms with Crippen molar-refractivity contribution in [2.75, 3.05) is 48.4 Å². The minimum Gasteiger partial charge on any atom is -0.444 e. The summed E-state index contributed by atoms with van der Waals surface area (Å²) in [5.74, 6) is -1.74. The van der Waals surface area contributed by atoms with Crippen molar-refractivity contribution in [1.82, 2.24) is 9.88 Å². The third kappa shape index (κ3) is 7.41. The highest BCUT2D eigenvalue weighted by Gasteiger charge is 2.41. The molecule has 0 N–H and O–H groups in total. The quantitative estimate of drug-likeness (QED) is 0.380. The molecule has 2 fully saturated rings. The Morgan fingerprint density at radius 3 is 2.34 bits per heavy atom. The van der Waals surface area contributed by atoms with Gasteiger partial charge in [0, 0.05) is 45.8 Å². The van der Waals surface area contributed by atoms with Gasteiger partial charge in [-0.05, 0) is 77.1 Å². The Morgan fingerprint density at radius 1 is 1.07 bits per heavy atom. The van der Waals surface area contributed by atoms with E-state index in [1.54, 1.807) is 22.9 Å². The first kappa shape index (κ1) is 33.0. The number of para-hydroxylation sites is 1. The Morgan fingerprint density at radius 2 is 1.73 bits per heavy atom. The van der Waals surface area contributed by atoms with Crippen molar-refractivity contribution in [2.24, 2.45) is 5.92 Å². The molecular formula is C31H39F4N5O4. The molecular weight excluding hydrogens is 582 g/mol. The molecule has 3 amide bonds. The third-order valence-electron chi connectivity index (χ3n) is 7.85. The van der Waals surface area contributed by atoms with Gasteiger partial charge in [-0.2, -0.15) is 13.2 Å². The van der Waals surface area contributed by atoms with Crippen LogP contribution in [0.15, 0.2) is 30.3 Å². The van der Waals surface area contributed by atoms with Crippen molar-refractivity contribution in [3.8, 4) is 0 Å². The van der Waals surface area contributed by atoms with Gasteiger partial charge in [-0.3, -0.25) is 14.5 Å². The first-order valence-corrected chi connectivity index (χ1v) is 14.6. The first-order valence-electron chi connectivity index (χ1n) is 14.6. The number of rotatable bonds is 6. The molecule has 44 heavy (non-hydrogen) atoms. The number of carbonyl (C=O) groups is 3. The number of piperidine rings is 1. The third-order valence-corrected chi connectivity index (χ3v) is 7.85. The van der Waals surface area contributed by atoms with Crippen LogP contribution in [0.3, 0.4) is 0 Å². The van der Waals surface area contributed by atoms with Gasteiger partial charge in [0.25, 0.3) is 0 Å². The number of likely N-dealkylation sites (tertiary alicyclic amines) is 1. The van der Waals surface area contributed by atoms with Gasteiger partial charge >= 0.3 is 12.3 Å². The van der Waals surface area contributed by atoms with Crippen molar-refractivity contribution in [2.45, 2.75) is 71.2 Å². The summed E-state index contributed by atoms with van der Waals surface area (Å²) in [4.78, 5) is 48.9. The highest BCUT2D eigenvalue weighted by molar-refractivity contribution is 6.09. The topological polar surface area (TPSA) is 86.3 Å². The molecule has 9 nitrogen and oxygen atoms in total. The number of hydrogen-bond acceptors (Lipinski definition) is 6. The summed E-state index contributed by atoms with van der Waals surface area (Å²) in [7, 11) is 3.18. The zero-order valence-electron chi connectivity index (χ0n) is 25.9. The molecule has 2 aliphatic heterocycles. The zero-order chi connectivity index (χ0) is 32.6. The number of nitrogens with zero attached hydrogens (tertiary/aromatic N) is 5. The molecule has 0 radical (unpaired) electrons. The fourth-order valence-corrected chi connectivity index (χ4v) is 5.74. The van der Waals surface area contributed by atoms with E-state index in [0.29, 0.717) is 32.5 Å². The number of aryl methyl sites for hydroxylation is 1. The number of amides is 3. The molecule has 0 aliphatic carbocycles. The van der Waals surface area contributed by atoms with Crippen molar-refractivity contribution < 1.29 is 36.7 Å². The first-order chi connectivity index (χ1) is 20.5. The van der Waals surface area contributed by atoms with Gasteiger partial charge in [0.15, 0.2) is 0 Å². The number of pyridine rings is 1. The van der Waals surface area contributed by atoms with Crippen molar-refractivity contribution in [1.29, 1.82) is 0 Å². The fourth-order valence-electron chi connectivity index (χ4n) is 5.74. The minimum atomic E-state index is -4.66. The Kier molecular flexibility index (Phi) is 9.46. The van der Waals surface area contributed by atoms with Gasteiger partial charge in [0.1, 0.15) is 23.3 Å². The smallest absolute Gasteiger partial charge is 0.416 e. The van der Waals surface area contributed by atoms with Crippen LogP contribution in [0.2, 0.25) is 0 Å². The van der Waals surface area contributed by atoms with Crippen LogP contribution in [0.1, 0.15) is 57.7 Å². The second-order valence-corrected chi connectivity index (χ2v) is 12.5. The van der Waals surface area contributed by atoms with Crippen molar-refractivity contribution >= 4 is 35.1 Å². The summed E-state index contributed by atoms with van der Waals surface area (Å²) in [5, 5.41) is 0. The molecule has 0 bridgehead atoms. The van der Waals surface area contributed by atoms with Crippen LogP contribution in [0.5, 0.6) is 0 Å². The van der Waals surface area contributed by atoms with Crippen molar-refractivity contribution in [3.63, 3.8) is 0 Å². The highest BCUT2D eigenvalue weighted by Crippen LogP contribution is 2.37. The monoisotopic (exact) mass is 621 g/mol. The average molecular weight is 622 g/mol. The second-order valence-electron chi connectivity index (χ2n) is 12.5. The molecule has 4 rings (SSSR count). The number of hydrogen-bond donors (Lipinski definition) is 0. The summed E-state index contributed by atoms with van der Waals surface area (Å²) in [5.41, 5.74) is -1.06. The van der Waals surface area contributed by atoms with E-state index in [0.717, 1.165) is 17.0 Å². The summed E-state index contributed by atoms with van der Waals surface area (Å²) in [6, 6.07) is 4.89. The lowest BCUT2D eigenvalue weighted by Gasteiger charge is -2.36. The van der Waals surface area contributed by atoms with Crippen LogP contribution in [0.25, 0.3) is 0 Å². The van der Waals surface area contributed by atoms with Crippen LogP contribution in [0, 0.1) is 18.7 Å². The number of ether oxygens (including phenoxy) is 1. The fraction of sp³-hybridized carbons (Fsp3) is 0.548. The molecule has 13 heteroatoms. The van der Waals surface area contributed by atoms with Gasteiger partial charge in [-0.25, -0.2) is 14.2 Å². The molecule has 1 unspecified atom stereocenters. The van der Waals surface area contributed by atoms with Gasteiger partial charge in [-0.15, -0.1) is 0 Å². The van der Waals surface area contributed by atoms with Crippen LogP contribution in [-0.4, -0.2) is 73.2 Å². The molecule has 0 spiro atoms. The summed E-state index contributed by atoms with van der Waals surface area (Å²) < 4.78 is 61.3. The Labute approximate surface area is 254 Å². The number of aromatic nitrogens is 1. The Hall–Kier alpha value is -3.90. The standard InChI is InChI=1S/C31H39F4N5O4/c1-19-16-21(31(33,34)35)17-25(36-19)40-24(10-11-26(40)41)28(42)38(6)23-9-7-8-22(32)27(23)37(5)18-20-12-14-39(15-13-20)29(43)44-30(2,3)4/h7-9,16-17,20,24H,10-15,18H2,1-6H3. The normalized spacial score (nSPS) is 18.0. The maximum absolute atomic E-state index is 15.4. The SMILES string of the molecule is Cc1cc(C(F)(F)F)cc(N2C(=O)CCC2C(=O)N(C)c2cccc(F)c2N(C)CC2CCN(C(=O)OC(C)(C)C)CC2)n1. The Bertz CT molecular complexity index is 1400. The van der Waals surface area contributed by atoms with Crippen LogP contribution >= 0.6 is 0 Å². The van der Waals surface area contributed by atoms with E-state index in [1.807, 2.05) is 20.8 Å². The molecule has 1 aromatic heterocycles. The number of likely N-dealkylation sites (N-methyl/N-ethyl adjacent to an activating group) is 1. The zero-order valence-corrected chi connectivity index (χ0v) is 25.9. The summed E-state index contributed by atoms with van der Waals surface area (Å²) in [6.07, 6.45) is -3.62. The predicted octanol–water partition coefficient (Wildman–Crippen LogP) is 5.79. The number of halogens is 4. The van der Waals surface area contributed by atoms with E-state index in [-0.39, 0.29) is 47.7 Å². The molecule has 1 atom stereocenters. The van der Waals surface area contributed by atoms with Gasteiger partial charge in [-0.1, -0.05) is 6.07 Å². The molecule has 2 saturated heterocycles. The molecule has 1 aromatic carbocycles. The van der Waals surface area contributed by atoms with Gasteiger partial charge in [0.05, 0.1) is 16.9 Å². The molecule has 3 heterocycles. The number of anilines is 3. The van der Waals surface area contributed by atoms with E-state index in [4.69, 9.17) is 4.74 Å². The predicted molar refractivity (Wildman–Crippen MR) is 158 cm³/mol. The van der Waals surface area contributed by atoms with E-state index < -0.39 is 41.0 Å². The van der Waals surface area contributed by atoms with Crippen LogP contribution in [0.4, 0.5) is 39.5 Å². The van der Waals surface area contributed by atoms with Crippen LogP contribution in [-0.2, 0) is 20.5 Å².